The lowest BCUT2D eigenvalue weighted by atomic mass is 9.65. The van der Waals surface area contributed by atoms with Gasteiger partial charge in [0.25, 0.3) is 0 Å². The van der Waals surface area contributed by atoms with Crippen LogP contribution in [0.1, 0.15) is 24.8 Å². The van der Waals surface area contributed by atoms with Crippen molar-refractivity contribution in [1.29, 1.82) is 5.26 Å². The van der Waals surface area contributed by atoms with Crippen molar-refractivity contribution >= 4 is 10.8 Å². The number of rotatable bonds is 1. The molecule has 0 radical (unpaired) electrons. The number of pyridine rings is 1. The first-order valence-electron chi connectivity index (χ1n) is 5.60. The van der Waals surface area contributed by atoms with Gasteiger partial charge >= 0.3 is 0 Å². The Labute approximate surface area is 94.5 Å². The molecule has 2 heteroatoms. The molecule has 3 rings (SSSR count). The maximum Gasteiger partial charge on any atom is 0.0843 e. The monoisotopic (exact) mass is 208 g/mol. The van der Waals surface area contributed by atoms with Gasteiger partial charge in [0.05, 0.1) is 11.5 Å². The summed E-state index contributed by atoms with van der Waals surface area (Å²) >= 11 is 0. The van der Waals surface area contributed by atoms with E-state index in [1.807, 2.05) is 24.5 Å². The van der Waals surface area contributed by atoms with Crippen LogP contribution in [0.3, 0.4) is 0 Å². The van der Waals surface area contributed by atoms with E-state index in [4.69, 9.17) is 0 Å². The highest BCUT2D eigenvalue weighted by atomic mass is 14.6. The fraction of sp³-hybridized carbons (Fsp3) is 0.286. The molecule has 1 saturated carbocycles. The minimum atomic E-state index is -0.270. The minimum Gasteiger partial charge on any atom is -0.264 e. The van der Waals surface area contributed by atoms with Crippen molar-refractivity contribution in [2.24, 2.45) is 0 Å². The van der Waals surface area contributed by atoms with Gasteiger partial charge in [-0.25, -0.2) is 0 Å². The number of fused-ring (bicyclic) bond motifs is 1. The second kappa shape index (κ2) is 3.31. The van der Waals surface area contributed by atoms with E-state index in [1.165, 1.54) is 5.39 Å². The number of hydrogen-bond donors (Lipinski definition) is 0. The lowest BCUT2D eigenvalue weighted by Gasteiger charge is -2.36. The molecule has 0 unspecified atom stereocenters. The van der Waals surface area contributed by atoms with Crippen LogP contribution in [-0.2, 0) is 5.41 Å². The molecule has 0 spiro atoms. The SMILES string of the molecule is N#CC1(c2cncc3ccccc23)CCC1. The second-order valence-corrected chi connectivity index (χ2v) is 4.46. The zero-order valence-electron chi connectivity index (χ0n) is 8.98. The molecule has 1 heterocycles. The van der Waals surface area contributed by atoms with E-state index in [9.17, 15) is 5.26 Å². The standard InChI is InChI=1S/C14H12N2/c15-10-14(6-3-7-14)13-9-16-8-11-4-1-2-5-12(11)13/h1-2,4-5,8-9H,3,6-7H2. The van der Waals surface area contributed by atoms with E-state index in [-0.39, 0.29) is 5.41 Å². The van der Waals surface area contributed by atoms with E-state index >= 15 is 0 Å². The average Bonchev–Trinajstić information content (AvgIpc) is 2.29. The Morgan fingerprint density at radius 3 is 2.69 bits per heavy atom. The summed E-state index contributed by atoms with van der Waals surface area (Å²) in [5, 5.41) is 11.7. The van der Waals surface area contributed by atoms with Gasteiger partial charge in [-0.05, 0) is 30.2 Å². The molecule has 0 atom stereocenters. The molecular formula is C14H12N2. The lowest BCUT2D eigenvalue weighted by Crippen LogP contribution is -2.32. The van der Waals surface area contributed by atoms with Gasteiger partial charge in [-0.2, -0.15) is 5.26 Å². The topological polar surface area (TPSA) is 36.7 Å². The van der Waals surface area contributed by atoms with Crippen LogP contribution in [0.5, 0.6) is 0 Å². The lowest BCUT2D eigenvalue weighted by molar-refractivity contribution is 0.326. The summed E-state index contributed by atoms with van der Waals surface area (Å²) in [7, 11) is 0. The number of benzene rings is 1. The van der Waals surface area contributed by atoms with Gasteiger partial charge in [0.1, 0.15) is 0 Å². The summed E-state index contributed by atoms with van der Waals surface area (Å²) in [5.41, 5.74) is 0.841. The van der Waals surface area contributed by atoms with Crippen molar-refractivity contribution in [1.82, 2.24) is 4.98 Å². The second-order valence-electron chi connectivity index (χ2n) is 4.46. The maximum absolute atomic E-state index is 9.37. The third-order valence-corrected chi connectivity index (χ3v) is 3.60. The Morgan fingerprint density at radius 2 is 2.00 bits per heavy atom. The van der Waals surface area contributed by atoms with Gasteiger partial charge in [0.2, 0.25) is 0 Å². The molecule has 2 aromatic rings. The van der Waals surface area contributed by atoms with Crippen LogP contribution in [0.4, 0.5) is 0 Å². The van der Waals surface area contributed by atoms with E-state index in [0.29, 0.717) is 0 Å². The first-order chi connectivity index (χ1) is 7.86. The van der Waals surface area contributed by atoms with Crippen LogP contribution in [-0.4, -0.2) is 4.98 Å². The number of nitrogens with zero attached hydrogens (tertiary/aromatic N) is 2. The molecule has 0 bridgehead atoms. The Hall–Kier alpha value is -1.88. The predicted molar refractivity (Wildman–Crippen MR) is 62.9 cm³/mol. The maximum atomic E-state index is 9.37. The van der Waals surface area contributed by atoms with E-state index in [0.717, 1.165) is 30.2 Å². The summed E-state index contributed by atoms with van der Waals surface area (Å²) in [6.07, 6.45) is 6.82. The minimum absolute atomic E-state index is 0.270. The highest BCUT2D eigenvalue weighted by Gasteiger charge is 2.40. The fourth-order valence-electron chi connectivity index (χ4n) is 2.47. The van der Waals surface area contributed by atoms with Crippen LogP contribution in [0.2, 0.25) is 0 Å². The van der Waals surface area contributed by atoms with Crippen molar-refractivity contribution in [3.8, 4) is 6.07 Å². The summed E-state index contributed by atoms with van der Waals surface area (Å²) in [6.45, 7) is 0. The average molecular weight is 208 g/mol. The van der Waals surface area contributed by atoms with Gasteiger partial charge in [-0.3, -0.25) is 4.98 Å². The molecule has 1 aliphatic carbocycles. The molecule has 1 aromatic heterocycles. The molecule has 1 aromatic carbocycles. The largest absolute Gasteiger partial charge is 0.264 e. The zero-order chi connectivity index (χ0) is 11.0. The molecule has 0 aliphatic heterocycles. The third-order valence-electron chi connectivity index (χ3n) is 3.60. The fourth-order valence-corrected chi connectivity index (χ4v) is 2.47. The molecule has 1 aliphatic rings. The van der Waals surface area contributed by atoms with Crippen molar-refractivity contribution in [3.63, 3.8) is 0 Å². The van der Waals surface area contributed by atoms with Gasteiger partial charge in [0, 0.05) is 17.8 Å². The predicted octanol–water partition coefficient (Wildman–Crippen LogP) is 3.18. The van der Waals surface area contributed by atoms with E-state index in [1.54, 1.807) is 0 Å². The Balaban J connectivity index is 2.28. The summed E-state index contributed by atoms with van der Waals surface area (Å²) < 4.78 is 0. The van der Waals surface area contributed by atoms with Gasteiger partial charge in [-0.1, -0.05) is 24.3 Å². The van der Waals surface area contributed by atoms with Crippen LogP contribution < -0.4 is 0 Å². The van der Waals surface area contributed by atoms with Crippen LogP contribution in [0, 0.1) is 11.3 Å². The third kappa shape index (κ3) is 1.15. The van der Waals surface area contributed by atoms with E-state index < -0.39 is 0 Å². The molecular weight excluding hydrogens is 196 g/mol. The van der Waals surface area contributed by atoms with Crippen molar-refractivity contribution in [2.75, 3.05) is 0 Å². The molecule has 16 heavy (non-hydrogen) atoms. The van der Waals surface area contributed by atoms with Crippen LogP contribution in [0.15, 0.2) is 36.7 Å². The molecule has 78 valence electrons. The van der Waals surface area contributed by atoms with Crippen molar-refractivity contribution in [3.05, 3.63) is 42.2 Å². The van der Waals surface area contributed by atoms with Crippen molar-refractivity contribution in [2.45, 2.75) is 24.7 Å². The number of nitriles is 1. The quantitative estimate of drug-likeness (QED) is 0.721. The van der Waals surface area contributed by atoms with Gasteiger partial charge in [0.15, 0.2) is 0 Å². The molecule has 2 nitrogen and oxygen atoms in total. The molecule has 0 amide bonds. The highest BCUT2D eigenvalue weighted by molar-refractivity contribution is 5.86. The van der Waals surface area contributed by atoms with Crippen LogP contribution in [0.25, 0.3) is 10.8 Å². The summed E-state index contributed by atoms with van der Waals surface area (Å²) in [6, 6.07) is 10.7. The Bertz CT molecular complexity index is 571. The first-order valence-corrected chi connectivity index (χ1v) is 5.60. The molecule has 1 fully saturated rings. The van der Waals surface area contributed by atoms with Crippen LogP contribution >= 0.6 is 0 Å². The number of aromatic nitrogens is 1. The smallest absolute Gasteiger partial charge is 0.0843 e. The zero-order valence-corrected chi connectivity index (χ0v) is 8.98. The normalized spacial score (nSPS) is 17.7. The Morgan fingerprint density at radius 1 is 1.19 bits per heavy atom. The number of hydrogen-bond acceptors (Lipinski definition) is 2. The van der Waals surface area contributed by atoms with Crippen molar-refractivity contribution < 1.29 is 0 Å². The van der Waals surface area contributed by atoms with Gasteiger partial charge in [-0.15, -0.1) is 0 Å². The molecule has 0 N–H and O–H groups in total. The summed E-state index contributed by atoms with van der Waals surface area (Å²) in [4.78, 5) is 4.26. The van der Waals surface area contributed by atoms with E-state index in [2.05, 4.69) is 23.2 Å². The first kappa shape index (κ1) is 9.35. The summed E-state index contributed by atoms with van der Waals surface area (Å²) in [5.74, 6) is 0. The highest BCUT2D eigenvalue weighted by Crippen LogP contribution is 2.45. The van der Waals surface area contributed by atoms with Gasteiger partial charge < -0.3 is 0 Å². The molecule has 0 saturated heterocycles. The Kier molecular flexibility index (Phi) is 1.94.